The topological polar surface area (TPSA) is 55.1 Å². The van der Waals surface area contributed by atoms with Crippen molar-refractivity contribution >= 4 is 29.0 Å². The van der Waals surface area contributed by atoms with Gasteiger partial charge in [0, 0.05) is 21.2 Å². The number of carbonyl (C=O) groups is 1. The highest BCUT2D eigenvalue weighted by Gasteiger charge is 2.19. The van der Waals surface area contributed by atoms with E-state index in [4.69, 9.17) is 5.73 Å². The Morgan fingerprint density at radius 2 is 1.95 bits per heavy atom. The summed E-state index contributed by atoms with van der Waals surface area (Å²) in [6, 6.07) is 10.2. The molecular weight excluding hydrogens is 268 g/mol. The smallest absolute Gasteiger partial charge is 0.228 e. The number of hydrogen-bond acceptors (Lipinski definition) is 3. The fourth-order valence-corrected chi connectivity index (χ4v) is 3.34. The monoisotopic (exact) mass is 284 g/mol. The number of rotatable bonds is 2. The number of nitrogen functional groups attached to an aromatic ring is 1. The summed E-state index contributed by atoms with van der Waals surface area (Å²) in [4.78, 5) is 13.6. The van der Waals surface area contributed by atoms with Crippen LogP contribution in [0.15, 0.2) is 40.1 Å². The number of benzene rings is 2. The molecule has 1 aliphatic heterocycles. The van der Waals surface area contributed by atoms with Crippen molar-refractivity contribution < 1.29 is 4.79 Å². The molecule has 3 N–H and O–H groups in total. The summed E-state index contributed by atoms with van der Waals surface area (Å²) in [6.07, 6.45) is 0.425. The van der Waals surface area contributed by atoms with Gasteiger partial charge in [-0.25, -0.2) is 0 Å². The van der Waals surface area contributed by atoms with Crippen molar-refractivity contribution in [2.24, 2.45) is 0 Å². The molecule has 2 aromatic carbocycles. The Bertz CT molecular complexity index is 710. The molecule has 0 unspecified atom stereocenters. The maximum absolute atomic E-state index is 11.4. The van der Waals surface area contributed by atoms with E-state index < -0.39 is 0 Å². The number of carbonyl (C=O) groups excluding carboxylic acids is 1. The van der Waals surface area contributed by atoms with E-state index in [-0.39, 0.29) is 5.91 Å². The van der Waals surface area contributed by atoms with Crippen molar-refractivity contribution in [1.82, 2.24) is 0 Å². The summed E-state index contributed by atoms with van der Waals surface area (Å²) in [7, 11) is 0. The summed E-state index contributed by atoms with van der Waals surface area (Å²) in [5.41, 5.74) is 11.2. The molecule has 4 heteroatoms. The highest BCUT2D eigenvalue weighted by atomic mass is 32.2. The summed E-state index contributed by atoms with van der Waals surface area (Å²) in [5.74, 6) is 0.0352. The van der Waals surface area contributed by atoms with Gasteiger partial charge in [-0.3, -0.25) is 4.79 Å². The molecule has 1 aliphatic rings. The molecule has 3 nitrogen and oxygen atoms in total. The van der Waals surface area contributed by atoms with Crippen LogP contribution in [0.25, 0.3) is 0 Å². The zero-order valence-electron chi connectivity index (χ0n) is 11.5. The highest BCUT2D eigenvalue weighted by molar-refractivity contribution is 7.99. The number of nitrogens with two attached hydrogens (primary N) is 1. The lowest BCUT2D eigenvalue weighted by Gasteiger charge is -2.10. The minimum atomic E-state index is 0.0352. The Balaban J connectivity index is 1.95. The van der Waals surface area contributed by atoms with Crippen LogP contribution in [0, 0.1) is 13.8 Å². The molecule has 0 atom stereocenters. The summed E-state index contributed by atoms with van der Waals surface area (Å²) in [5, 5.41) is 2.87. The quantitative estimate of drug-likeness (QED) is 0.829. The predicted octanol–water partition coefficient (Wildman–Crippen LogP) is 3.53. The van der Waals surface area contributed by atoms with Gasteiger partial charge in [0.1, 0.15) is 0 Å². The third-order valence-electron chi connectivity index (χ3n) is 3.41. The molecule has 0 saturated heterocycles. The molecule has 1 amide bonds. The van der Waals surface area contributed by atoms with E-state index in [1.807, 2.05) is 12.1 Å². The van der Waals surface area contributed by atoms with Gasteiger partial charge in [-0.15, -0.1) is 0 Å². The number of nitrogens with one attached hydrogen (secondary N) is 1. The van der Waals surface area contributed by atoms with Gasteiger partial charge in [-0.2, -0.15) is 0 Å². The van der Waals surface area contributed by atoms with Crippen LogP contribution in [0.3, 0.4) is 0 Å². The Labute approximate surface area is 122 Å². The normalized spacial score (nSPS) is 13.2. The summed E-state index contributed by atoms with van der Waals surface area (Å²) >= 11 is 1.64. The van der Waals surface area contributed by atoms with Crippen LogP contribution in [0.4, 0.5) is 11.4 Å². The Morgan fingerprint density at radius 3 is 2.70 bits per heavy atom. The lowest BCUT2D eigenvalue weighted by atomic mass is 10.1. The van der Waals surface area contributed by atoms with Crippen LogP contribution in [0.5, 0.6) is 0 Å². The Morgan fingerprint density at radius 1 is 1.15 bits per heavy atom. The van der Waals surface area contributed by atoms with Crippen molar-refractivity contribution in [2.45, 2.75) is 30.1 Å². The molecule has 0 aliphatic carbocycles. The molecule has 0 aromatic heterocycles. The van der Waals surface area contributed by atoms with E-state index in [0.717, 1.165) is 21.8 Å². The number of aryl methyl sites for hydroxylation is 2. The Kier molecular flexibility index (Phi) is 3.18. The average Bonchev–Trinajstić information content (AvgIpc) is 2.72. The number of anilines is 2. The summed E-state index contributed by atoms with van der Waals surface area (Å²) in [6.45, 7) is 4.18. The van der Waals surface area contributed by atoms with Gasteiger partial charge in [-0.1, -0.05) is 29.5 Å². The van der Waals surface area contributed by atoms with Crippen molar-refractivity contribution in [3.63, 3.8) is 0 Å². The second kappa shape index (κ2) is 4.87. The first-order valence-corrected chi connectivity index (χ1v) is 7.32. The number of fused-ring (bicyclic) bond motifs is 1. The molecule has 0 spiro atoms. The third kappa shape index (κ3) is 2.39. The SMILES string of the molecule is Cc1ccc(Sc2cc3c(cc2N)CC(=O)N3)c(C)c1. The second-order valence-corrected chi connectivity index (χ2v) is 6.23. The van der Waals surface area contributed by atoms with E-state index in [9.17, 15) is 4.79 Å². The van der Waals surface area contributed by atoms with Crippen LogP contribution in [0.2, 0.25) is 0 Å². The molecular formula is C16H16N2OS. The van der Waals surface area contributed by atoms with E-state index in [0.29, 0.717) is 6.42 Å². The largest absolute Gasteiger partial charge is 0.398 e. The highest BCUT2D eigenvalue weighted by Crippen LogP contribution is 2.38. The van der Waals surface area contributed by atoms with Crippen molar-refractivity contribution in [3.05, 3.63) is 47.0 Å². The fourth-order valence-electron chi connectivity index (χ4n) is 2.39. The van der Waals surface area contributed by atoms with Crippen molar-refractivity contribution in [2.75, 3.05) is 11.1 Å². The first-order chi connectivity index (χ1) is 9.52. The van der Waals surface area contributed by atoms with Gasteiger partial charge >= 0.3 is 0 Å². The molecule has 20 heavy (non-hydrogen) atoms. The van der Waals surface area contributed by atoms with E-state index in [1.165, 1.54) is 16.0 Å². The molecule has 0 bridgehead atoms. The van der Waals surface area contributed by atoms with Gasteiger partial charge in [0.05, 0.1) is 6.42 Å². The fraction of sp³-hybridized carbons (Fsp3) is 0.188. The minimum absolute atomic E-state index is 0.0352. The van der Waals surface area contributed by atoms with Gasteiger partial charge in [0.15, 0.2) is 0 Å². The third-order valence-corrected chi connectivity index (χ3v) is 4.66. The van der Waals surface area contributed by atoms with Crippen LogP contribution < -0.4 is 11.1 Å². The maximum Gasteiger partial charge on any atom is 0.228 e. The van der Waals surface area contributed by atoms with E-state index in [2.05, 4.69) is 37.4 Å². The predicted molar refractivity (Wildman–Crippen MR) is 83.2 cm³/mol. The van der Waals surface area contributed by atoms with Crippen molar-refractivity contribution in [3.8, 4) is 0 Å². The standard InChI is InChI=1S/C16H16N2OS/c1-9-3-4-14(10(2)5-9)20-15-8-13-11(6-12(15)17)7-16(19)18-13/h3-6,8H,7,17H2,1-2H3,(H,18,19). The van der Waals surface area contributed by atoms with Crippen LogP contribution in [-0.2, 0) is 11.2 Å². The lowest BCUT2D eigenvalue weighted by Crippen LogP contribution is -2.03. The van der Waals surface area contributed by atoms with Gasteiger partial charge in [0.2, 0.25) is 5.91 Å². The molecule has 0 fully saturated rings. The minimum Gasteiger partial charge on any atom is -0.398 e. The van der Waals surface area contributed by atoms with E-state index in [1.54, 1.807) is 11.8 Å². The summed E-state index contributed by atoms with van der Waals surface area (Å²) < 4.78 is 0. The molecule has 1 heterocycles. The van der Waals surface area contributed by atoms with Gasteiger partial charge in [-0.05, 0) is 43.2 Å². The lowest BCUT2D eigenvalue weighted by molar-refractivity contribution is -0.115. The molecule has 3 rings (SSSR count). The molecule has 102 valence electrons. The number of hydrogen-bond donors (Lipinski definition) is 2. The van der Waals surface area contributed by atoms with Crippen molar-refractivity contribution in [1.29, 1.82) is 0 Å². The molecule has 2 aromatic rings. The van der Waals surface area contributed by atoms with Crippen LogP contribution in [-0.4, -0.2) is 5.91 Å². The van der Waals surface area contributed by atoms with Gasteiger partial charge < -0.3 is 11.1 Å². The van der Waals surface area contributed by atoms with Gasteiger partial charge in [0.25, 0.3) is 0 Å². The second-order valence-electron chi connectivity index (χ2n) is 5.14. The Hall–Kier alpha value is -1.94. The van der Waals surface area contributed by atoms with Crippen LogP contribution >= 0.6 is 11.8 Å². The zero-order chi connectivity index (χ0) is 14.3. The molecule has 0 radical (unpaired) electrons. The van der Waals surface area contributed by atoms with E-state index >= 15 is 0 Å². The zero-order valence-corrected chi connectivity index (χ0v) is 12.3. The molecule has 0 saturated carbocycles. The first-order valence-electron chi connectivity index (χ1n) is 6.50. The average molecular weight is 284 g/mol. The first kappa shape index (κ1) is 13.1. The number of amides is 1. The maximum atomic E-state index is 11.4. The van der Waals surface area contributed by atoms with Crippen LogP contribution in [0.1, 0.15) is 16.7 Å².